The Morgan fingerprint density at radius 2 is 2.36 bits per heavy atom. The van der Waals surface area contributed by atoms with Gasteiger partial charge >= 0.3 is 6.03 Å². The maximum atomic E-state index is 12.0. The van der Waals surface area contributed by atoms with Crippen molar-refractivity contribution in [2.45, 2.75) is 19.4 Å². The maximum Gasteiger partial charge on any atom is 0.317 e. The number of amides is 3. The van der Waals surface area contributed by atoms with E-state index in [0.717, 1.165) is 13.0 Å². The fraction of sp³-hybridized carbons (Fsp3) is 0.643. The first-order valence-corrected chi connectivity index (χ1v) is 7.74. The summed E-state index contributed by atoms with van der Waals surface area (Å²) in [7, 11) is 3.55. The predicted octanol–water partition coefficient (Wildman–Crippen LogP) is 1.05. The average molecular weight is 328 g/mol. The van der Waals surface area contributed by atoms with E-state index in [1.54, 1.807) is 41.0 Å². The van der Waals surface area contributed by atoms with Crippen molar-refractivity contribution >= 4 is 23.5 Å². The first kappa shape index (κ1) is 16.6. The molecular formula is C14H22ClN5O2. The fourth-order valence-electron chi connectivity index (χ4n) is 2.58. The molecule has 1 aliphatic rings. The zero-order valence-corrected chi connectivity index (χ0v) is 13.7. The van der Waals surface area contributed by atoms with Crippen molar-refractivity contribution in [1.29, 1.82) is 0 Å². The Kier molecular flexibility index (Phi) is 5.65. The van der Waals surface area contributed by atoms with Crippen molar-refractivity contribution in [3.05, 3.63) is 17.4 Å². The topological polar surface area (TPSA) is 70.5 Å². The van der Waals surface area contributed by atoms with Crippen LogP contribution in [-0.2, 0) is 11.3 Å². The highest BCUT2D eigenvalue weighted by molar-refractivity contribution is 6.30. The maximum absolute atomic E-state index is 12.0. The van der Waals surface area contributed by atoms with Crippen LogP contribution in [0.1, 0.15) is 12.8 Å². The van der Waals surface area contributed by atoms with Crippen molar-refractivity contribution in [3.8, 4) is 0 Å². The number of rotatable bonds is 6. The number of hydrogen-bond acceptors (Lipinski definition) is 3. The number of carbonyl (C=O) groups excluding carboxylic acids is 2. The van der Waals surface area contributed by atoms with Crippen LogP contribution >= 0.6 is 11.6 Å². The second-order valence-electron chi connectivity index (χ2n) is 5.73. The standard InChI is InChI=1S/C14H22ClN5O2/c1-18-8-11(6-13(18)21)9-19(2)14(22)16-4-3-5-20-10-12(15)7-17-20/h7,10-11H,3-6,8-9H2,1-2H3,(H,16,22)/t11-/m1/s1. The van der Waals surface area contributed by atoms with Gasteiger partial charge in [-0.05, 0) is 6.42 Å². The van der Waals surface area contributed by atoms with Crippen molar-refractivity contribution in [2.75, 3.05) is 33.7 Å². The van der Waals surface area contributed by atoms with Gasteiger partial charge in [0.1, 0.15) is 0 Å². The number of hydrogen-bond donors (Lipinski definition) is 1. The number of aromatic nitrogens is 2. The van der Waals surface area contributed by atoms with Crippen LogP contribution < -0.4 is 5.32 Å². The van der Waals surface area contributed by atoms with E-state index in [1.165, 1.54) is 0 Å². The third-order valence-electron chi connectivity index (χ3n) is 3.74. The molecule has 7 nitrogen and oxygen atoms in total. The van der Waals surface area contributed by atoms with E-state index in [1.807, 2.05) is 0 Å². The number of halogens is 1. The molecule has 0 aliphatic carbocycles. The van der Waals surface area contributed by atoms with E-state index in [-0.39, 0.29) is 17.9 Å². The summed E-state index contributed by atoms with van der Waals surface area (Å²) in [6.45, 7) is 2.59. The lowest BCUT2D eigenvalue weighted by Gasteiger charge is -2.21. The van der Waals surface area contributed by atoms with Gasteiger partial charge in [-0.3, -0.25) is 9.48 Å². The third-order valence-corrected chi connectivity index (χ3v) is 3.94. The molecule has 0 radical (unpaired) electrons. The monoisotopic (exact) mass is 327 g/mol. The Balaban J connectivity index is 1.63. The number of aryl methyl sites for hydroxylation is 1. The Hall–Kier alpha value is -1.76. The minimum absolute atomic E-state index is 0.111. The van der Waals surface area contributed by atoms with Gasteiger partial charge in [0, 0.05) is 58.8 Å². The minimum Gasteiger partial charge on any atom is -0.345 e. The summed E-state index contributed by atoms with van der Waals surface area (Å²) < 4.78 is 1.75. The molecule has 1 aromatic rings. The Bertz CT molecular complexity index is 533. The molecule has 2 rings (SSSR count). The number of nitrogens with zero attached hydrogens (tertiary/aromatic N) is 4. The normalized spacial score (nSPS) is 17.9. The highest BCUT2D eigenvalue weighted by Gasteiger charge is 2.28. The first-order chi connectivity index (χ1) is 10.5. The van der Waals surface area contributed by atoms with Crippen LogP contribution in [0, 0.1) is 5.92 Å². The van der Waals surface area contributed by atoms with Gasteiger partial charge in [0.2, 0.25) is 5.91 Å². The summed E-state index contributed by atoms with van der Waals surface area (Å²) in [6, 6.07) is -0.111. The molecule has 1 fully saturated rings. The third kappa shape index (κ3) is 4.62. The molecule has 0 bridgehead atoms. The SMILES string of the molecule is CN1C[C@H](CN(C)C(=O)NCCCn2cc(Cl)cn2)CC1=O. The molecule has 8 heteroatoms. The van der Waals surface area contributed by atoms with E-state index in [2.05, 4.69) is 10.4 Å². The highest BCUT2D eigenvalue weighted by Crippen LogP contribution is 2.16. The zero-order chi connectivity index (χ0) is 16.1. The molecular weight excluding hydrogens is 306 g/mol. The minimum atomic E-state index is -0.111. The molecule has 0 unspecified atom stereocenters. The van der Waals surface area contributed by atoms with Crippen LogP contribution in [0.3, 0.4) is 0 Å². The van der Waals surface area contributed by atoms with Crippen LogP contribution in [0.2, 0.25) is 5.02 Å². The molecule has 1 aromatic heterocycles. The van der Waals surface area contributed by atoms with E-state index in [0.29, 0.717) is 31.1 Å². The van der Waals surface area contributed by atoms with Gasteiger partial charge < -0.3 is 15.1 Å². The van der Waals surface area contributed by atoms with E-state index < -0.39 is 0 Å². The molecule has 3 amide bonds. The van der Waals surface area contributed by atoms with Crippen LogP contribution in [0.25, 0.3) is 0 Å². The summed E-state index contributed by atoms with van der Waals surface area (Å²) in [5.74, 6) is 0.371. The number of nitrogens with one attached hydrogen (secondary N) is 1. The number of urea groups is 1. The lowest BCUT2D eigenvalue weighted by Crippen LogP contribution is -2.40. The van der Waals surface area contributed by atoms with Crippen molar-refractivity contribution in [2.24, 2.45) is 5.92 Å². The molecule has 0 saturated carbocycles. The predicted molar refractivity (Wildman–Crippen MR) is 83.6 cm³/mol. The number of carbonyl (C=O) groups is 2. The summed E-state index contributed by atoms with van der Waals surface area (Å²) in [5, 5.41) is 7.56. The second-order valence-corrected chi connectivity index (χ2v) is 6.17. The van der Waals surface area contributed by atoms with Crippen LogP contribution in [0.5, 0.6) is 0 Å². The van der Waals surface area contributed by atoms with Crippen molar-refractivity contribution in [3.63, 3.8) is 0 Å². The van der Waals surface area contributed by atoms with Gasteiger partial charge in [-0.25, -0.2) is 4.79 Å². The van der Waals surface area contributed by atoms with Crippen LogP contribution in [0.15, 0.2) is 12.4 Å². The molecule has 1 N–H and O–H groups in total. The Morgan fingerprint density at radius 1 is 1.59 bits per heavy atom. The van der Waals surface area contributed by atoms with Gasteiger partial charge in [0.25, 0.3) is 0 Å². The summed E-state index contributed by atoms with van der Waals surface area (Å²) in [5.41, 5.74) is 0. The van der Waals surface area contributed by atoms with Crippen LogP contribution in [-0.4, -0.2) is 65.2 Å². The van der Waals surface area contributed by atoms with E-state index >= 15 is 0 Å². The van der Waals surface area contributed by atoms with Crippen molar-refractivity contribution in [1.82, 2.24) is 24.9 Å². The lowest BCUT2D eigenvalue weighted by molar-refractivity contribution is -0.126. The molecule has 2 heterocycles. The molecule has 1 atom stereocenters. The molecule has 122 valence electrons. The van der Waals surface area contributed by atoms with Gasteiger partial charge in [0.05, 0.1) is 11.2 Å². The lowest BCUT2D eigenvalue weighted by atomic mass is 10.1. The first-order valence-electron chi connectivity index (χ1n) is 7.36. The highest BCUT2D eigenvalue weighted by atomic mass is 35.5. The molecule has 22 heavy (non-hydrogen) atoms. The van der Waals surface area contributed by atoms with Crippen molar-refractivity contribution < 1.29 is 9.59 Å². The summed E-state index contributed by atoms with van der Waals surface area (Å²) in [6.07, 6.45) is 4.65. The smallest absolute Gasteiger partial charge is 0.317 e. The van der Waals surface area contributed by atoms with Gasteiger partial charge in [-0.1, -0.05) is 11.6 Å². The molecule has 1 aliphatic heterocycles. The Morgan fingerprint density at radius 3 is 2.95 bits per heavy atom. The fourth-order valence-corrected chi connectivity index (χ4v) is 2.74. The van der Waals surface area contributed by atoms with E-state index in [4.69, 9.17) is 11.6 Å². The second kappa shape index (κ2) is 7.49. The van der Waals surface area contributed by atoms with Crippen LogP contribution in [0.4, 0.5) is 4.79 Å². The summed E-state index contributed by atoms with van der Waals surface area (Å²) >= 11 is 5.78. The molecule has 0 spiro atoms. The van der Waals surface area contributed by atoms with Gasteiger partial charge in [0.15, 0.2) is 0 Å². The zero-order valence-electron chi connectivity index (χ0n) is 13.0. The summed E-state index contributed by atoms with van der Waals surface area (Å²) in [4.78, 5) is 26.8. The van der Waals surface area contributed by atoms with Gasteiger partial charge in [-0.15, -0.1) is 0 Å². The quantitative estimate of drug-likeness (QED) is 0.794. The van der Waals surface area contributed by atoms with E-state index in [9.17, 15) is 9.59 Å². The Labute approximate surface area is 135 Å². The molecule has 0 aromatic carbocycles. The average Bonchev–Trinajstić information content (AvgIpc) is 3.01. The van der Waals surface area contributed by atoms with Gasteiger partial charge in [-0.2, -0.15) is 5.10 Å². The molecule has 1 saturated heterocycles. The number of likely N-dealkylation sites (tertiary alicyclic amines) is 1. The largest absolute Gasteiger partial charge is 0.345 e.